The van der Waals surface area contributed by atoms with Crippen LogP contribution < -0.4 is 10.6 Å². The maximum Gasteiger partial charge on any atom is 0.321 e. The molecule has 10 heavy (non-hydrogen) atoms. The molecule has 2 aliphatic rings. The van der Waals surface area contributed by atoms with Crippen molar-refractivity contribution in [1.82, 2.24) is 10.6 Å². The van der Waals surface area contributed by atoms with Gasteiger partial charge >= 0.3 is 6.03 Å². The number of nitrogens with one attached hydrogen (secondary N) is 2. The van der Waals surface area contributed by atoms with E-state index in [1.54, 1.807) is 0 Å². The number of fused-ring (bicyclic) bond motifs is 1. The molecule has 2 fully saturated rings. The second-order valence-electron chi connectivity index (χ2n) is 2.75. The van der Waals surface area contributed by atoms with Crippen LogP contribution in [0.5, 0.6) is 0 Å². The normalized spacial score (nSPS) is 37.2. The van der Waals surface area contributed by atoms with Crippen molar-refractivity contribution in [1.29, 1.82) is 0 Å². The van der Waals surface area contributed by atoms with Crippen molar-refractivity contribution in [2.45, 2.75) is 18.9 Å². The Hall–Kier alpha value is -1.06. The fourth-order valence-electron chi connectivity index (χ4n) is 1.40. The summed E-state index contributed by atoms with van der Waals surface area (Å²) in [4.78, 5) is 21.5. The first kappa shape index (κ1) is 5.70. The number of hydrogen-bond donors (Lipinski definition) is 2. The quantitative estimate of drug-likeness (QED) is 0.481. The van der Waals surface area contributed by atoms with E-state index in [9.17, 15) is 9.59 Å². The van der Waals surface area contributed by atoms with Gasteiger partial charge in [-0.25, -0.2) is 4.79 Å². The molecule has 1 aliphatic heterocycles. The summed E-state index contributed by atoms with van der Waals surface area (Å²) in [5, 5.41) is 4.90. The van der Waals surface area contributed by atoms with E-state index in [0.29, 0.717) is 0 Å². The number of hydrogen-bond acceptors (Lipinski definition) is 2. The van der Waals surface area contributed by atoms with Gasteiger partial charge < -0.3 is 5.32 Å². The molecular weight excluding hydrogens is 132 g/mol. The van der Waals surface area contributed by atoms with Gasteiger partial charge in [-0.05, 0) is 12.8 Å². The summed E-state index contributed by atoms with van der Waals surface area (Å²) in [6, 6.07) is -0.216. The van der Waals surface area contributed by atoms with Crippen LogP contribution in [0.25, 0.3) is 0 Å². The van der Waals surface area contributed by atoms with Gasteiger partial charge in [0.25, 0.3) is 0 Å². The molecule has 1 saturated heterocycles. The lowest BCUT2D eigenvalue weighted by Gasteiger charge is -2.39. The van der Waals surface area contributed by atoms with Crippen LogP contribution in [-0.2, 0) is 4.79 Å². The van der Waals surface area contributed by atoms with Crippen molar-refractivity contribution in [2.24, 2.45) is 5.92 Å². The second kappa shape index (κ2) is 1.71. The molecule has 0 aromatic rings. The summed E-state index contributed by atoms with van der Waals surface area (Å²) in [6.07, 6.45) is 1.86. The third-order valence-corrected chi connectivity index (χ3v) is 2.16. The standard InChI is InChI=1S/C6H8N2O2/c9-5-3-1-2-4(3)7-6(10)8-5/h3-4H,1-2H2,(H2,7,8,9,10). The van der Waals surface area contributed by atoms with E-state index in [4.69, 9.17) is 0 Å². The zero-order valence-corrected chi connectivity index (χ0v) is 5.39. The highest BCUT2D eigenvalue weighted by molar-refractivity contribution is 5.99. The highest BCUT2D eigenvalue weighted by Crippen LogP contribution is 2.29. The first-order chi connectivity index (χ1) is 4.77. The number of amides is 3. The van der Waals surface area contributed by atoms with Gasteiger partial charge in [-0.3, -0.25) is 10.1 Å². The van der Waals surface area contributed by atoms with Crippen LogP contribution in [0, 0.1) is 5.92 Å². The lowest BCUT2D eigenvalue weighted by Crippen LogP contribution is -2.62. The minimum absolute atomic E-state index is 0.0534. The molecule has 2 atom stereocenters. The zero-order valence-electron chi connectivity index (χ0n) is 5.39. The Morgan fingerprint density at radius 2 is 2.10 bits per heavy atom. The van der Waals surface area contributed by atoms with Crippen LogP contribution in [-0.4, -0.2) is 18.0 Å². The van der Waals surface area contributed by atoms with Crippen molar-refractivity contribution in [2.75, 3.05) is 0 Å². The molecule has 0 radical (unpaired) electrons. The predicted molar refractivity (Wildman–Crippen MR) is 33.2 cm³/mol. The summed E-state index contributed by atoms with van der Waals surface area (Å²) in [7, 11) is 0. The van der Waals surface area contributed by atoms with Gasteiger partial charge in [-0.1, -0.05) is 0 Å². The Balaban J connectivity index is 2.13. The molecule has 0 aromatic carbocycles. The third kappa shape index (κ3) is 0.616. The summed E-state index contributed by atoms with van der Waals surface area (Å²) in [5.74, 6) is -0.0577. The summed E-state index contributed by atoms with van der Waals surface area (Å²) in [5.41, 5.74) is 0. The van der Waals surface area contributed by atoms with Gasteiger partial charge in [0.2, 0.25) is 5.91 Å². The number of carbonyl (C=O) groups excluding carboxylic acids is 2. The first-order valence-corrected chi connectivity index (χ1v) is 3.39. The minimum atomic E-state index is -0.342. The third-order valence-electron chi connectivity index (χ3n) is 2.16. The Morgan fingerprint density at radius 1 is 1.30 bits per heavy atom. The fourth-order valence-corrected chi connectivity index (χ4v) is 1.40. The minimum Gasteiger partial charge on any atom is -0.334 e. The Kier molecular flexibility index (Phi) is 0.977. The number of carbonyl (C=O) groups is 2. The van der Waals surface area contributed by atoms with Crippen LogP contribution in [0.1, 0.15) is 12.8 Å². The van der Waals surface area contributed by atoms with Crippen LogP contribution in [0.3, 0.4) is 0 Å². The average molecular weight is 140 g/mol. The van der Waals surface area contributed by atoms with Crippen molar-refractivity contribution in [3.8, 4) is 0 Å². The molecule has 54 valence electrons. The molecule has 4 heteroatoms. The van der Waals surface area contributed by atoms with Gasteiger partial charge in [0.1, 0.15) is 0 Å². The summed E-state index contributed by atoms with van der Waals surface area (Å²) < 4.78 is 0. The van der Waals surface area contributed by atoms with E-state index in [1.807, 2.05) is 0 Å². The van der Waals surface area contributed by atoms with Crippen molar-refractivity contribution >= 4 is 11.9 Å². The van der Waals surface area contributed by atoms with Crippen molar-refractivity contribution in [3.05, 3.63) is 0 Å². The molecule has 0 aromatic heterocycles. The Bertz CT molecular complexity index is 202. The zero-order chi connectivity index (χ0) is 7.14. The summed E-state index contributed by atoms with van der Waals surface area (Å²) in [6.45, 7) is 0. The molecule has 2 unspecified atom stereocenters. The van der Waals surface area contributed by atoms with Crippen LogP contribution in [0.15, 0.2) is 0 Å². The van der Waals surface area contributed by atoms with E-state index >= 15 is 0 Å². The largest absolute Gasteiger partial charge is 0.334 e. The predicted octanol–water partition coefficient (Wildman–Crippen LogP) is -0.396. The number of rotatable bonds is 0. The second-order valence-corrected chi connectivity index (χ2v) is 2.75. The molecule has 2 rings (SSSR count). The topological polar surface area (TPSA) is 58.2 Å². The van der Waals surface area contributed by atoms with E-state index in [2.05, 4.69) is 10.6 Å². The van der Waals surface area contributed by atoms with Gasteiger partial charge in [0.05, 0.1) is 5.92 Å². The van der Waals surface area contributed by atoms with Gasteiger partial charge in [-0.15, -0.1) is 0 Å². The Morgan fingerprint density at radius 3 is 2.60 bits per heavy atom. The highest BCUT2D eigenvalue weighted by Gasteiger charge is 2.41. The van der Waals surface area contributed by atoms with E-state index in [0.717, 1.165) is 12.8 Å². The molecule has 0 bridgehead atoms. The van der Waals surface area contributed by atoms with Crippen molar-refractivity contribution < 1.29 is 9.59 Å². The molecular formula is C6H8N2O2. The van der Waals surface area contributed by atoms with E-state index in [-0.39, 0.29) is 23.9 Å². The molecule has 0 spiro atoms. The molecule has 1 aliphatic carbocycles. The van der Waals surface area contributed by atoms with Gasteiger partial charge in [0.15, 0.2) is 0 Å². The monoisotopic (exact) mass is 140 g/mol. The molecule has 1 saturated carbocycles. The molecule has 3 amide bonds. The van der Waals surface area contributed by atoms with Crippen molar-refractivity contribution in [3.63, 3.8) is 0 Å². The molecule has 4 nitrogen and oxygen atoms in total. The lowest BCUT2D eigenvalue weighted by atomic mass is 9.78. The van der Waals surface area contributed by atoms with Gasteiger partial charge in [-0.2, -0.15) is 0 Å². The molecule has 2 N–H and O–H groups in total. The number of urea groups is 1. The maximum atomic E-state index is 10.9. The average Bonchev–Trinajstić information content (AvgIpc) is 1.77. The Labute approximate surface area is 58.0 Å². The summed E-state index contributed by atoms with van der Waals surface area (Å²) >= 11 is 0. The fraction of sp³-hybridized carbons (Fsp3) is 0.667. The van der Waals surface area contributed by atoms with Crippen LogP contribution in [0.4, 0.5) is 4.79 Å². The molecule has 1 heterocycles. The smallest absolute Gasteiger partial charge is 0.321 e. The SMILES string of the molecule is O=C1NC(=O)C2CCC2N1. The lowest BCUT2D eigenvalue weighted by molar-refractivity contribution is -0.128. The highest BCUT2D eigenvalue weighted by atomic mass is 16.2. The van der Waals surface area contributed by atoms with Crippen LogP contribution >= 0.6 is 0 Å². The van der Waals surface area contributed by atoms with E-state index in [1.165, 1.54) is 0 Å². The van der Waals surface area contributed by atoms with E-state index < -0.39 is 0 Å². The maximum absolute atomic E-state index is 10.9. The number of imide groups is 1. The van der Waals surface area contributed by atoms with Crippen LogP contribution in [0.2, 0.25) is 0 Å². The first-order valence-electron chi connectivity index (χ1n) is 3.39. The van der Waals surface area contributed by atoms with Gasteiger partial charge in [0, 0.05) is 6.04 Å².